The SMILES string of the molecule is OCc1ccc(Cl)c(NCc2c(Cl)nc3ccccn23)c1. The molecular formula is C15H13Cl2N3O. The van der Waals surface area contributed by atoms with E-state index >= 15 is 0 Å². The van der Waals surface area contributed by atoms with Crippen LogP contribution in [0.4, 0.5) is 5.69 Å². The fourth-order valence-corrected chi connectivity index (χ4v) is 2.59. The first-order valence-electron chi connectivity index (χ1n) is 6.43. The number of halogens is 2. The molecule has 0 atom stereocenters. The summed E-state index contributed by atoms with van der Waals surface area (Å²) in [6.45, 7) is 0.459. The Bertz CT molecular complexity index is 786. The van der Waals surface area contributed by atoms with Gasteiger partial charge < -0.3 is 14.8 Å². The zero-order chi connectivity index (χ0) is 14.8. The first kappa shape index (κ1) is 14.2. The topological polar surface area (TPSA) is 49.6 Å². The third-order valence-electron chi connectivity index (χ3n) is 3.24. The Balaban J connectivity index is 1.88. The number of fused-ring (bicyclic) bond motifs is 1. The number of aromatic nitrogens is 2. The second-order valence-electron chi connectivity index (χ2n) is 4.60. The third-order valence-corrected chi connectivity index (χ3v) is 3.87. The second-order valence-corrected chi connectivity index (χ2v) is 5.37. The van der Waals surface area contributed by atoms with Crippen LogP contribution in [0.25, 0.3) is 5.65 Å². The minimum atomic E-state index is -0.0256. The first-order valence-corrected chi connectivity index (χ1v) is 7.19. The van der Waals surface area contributed by atoms with E-state index in [1.165, 1.54) is 0 Å². The molecule has 6 heteroatoms. The lowest BCUT2D eigenvalue weighted by Crippen LogP contribution is -2.04. The number of nitrogens with zero attached hydrogens (tertiary/aromatic N) is 2. The van der Waals surface area contributed by atoms with E-state index < -0.39 is 0 Å². The summed E-state index contributed by atoms with van der Waals surface area (Å²) in [5, 5.41) is 13.5. The van der Waals surface area contributed by atoms with Crippen LogP contribution >= 0.6 is 23.2 Å². The van der Waals surface area contributed by atoms with E-state index in [0.717, 1.165) is 22.6 Å². The van der Waals surface area contributed by atoms with Crippen LogP contribution in [0.2, 0.25) is 10.2 Å². The van der Waals surface area contributed by atoms with Gasteiger partial charge in [0.2, 0.25) is 0 Å². The highest BCUT2D eigenvalue weighted by molar-refractivity contribution is 6.33. The molecule has 0 aliphatic rings. The Morgan fingerprint density at radius 1 is 1.19 bits per heavy atom. The maximum atomic E-state index is 9.18. The van der Waals surface area contributed by atoms with Crippen LogP contribution < -0.4 is 5.32 Å². The number of hydrogen-bond acceptors (Lipinski definition) is 3. The zero-order valence-corrected chi connectivity index (χ0v) is 12.6. The van der Waals surface area contributed by atoms with Crippen molar-refractivity contribution < 1.29 is 5.11 Å². The summed E-state index contributed by atoms with van der Waals surface area (Å²) >= 11 is 12.3. The molecule has 0 amide bonds. The van der Waals surface area contributed by atoms with Crippen LogP contribution in [-0.2, 0) is 13.2 Å². The van der Waals surface area contributed by atoms with Crippen LogP contribution in [0.5, 0.6) is 0 Å². The molecule has 0 bridgehead atoms. The van der Waals surface area contributed by atoms with E-state index in [-0.39, 0.29) is 6.61 Å². The highest BCUT2D eigenvalue weighted by Gasteiger charge is 2.10. The van der Waals surface area contributed by atoms with Gasteiger partial charge in [0.25, 0.3) is 0 Å². The van der Waals surface area contributed by atoms with Gasteiger partial charge in [-0.25, -0.2) is 4.98 Å². The van der Waals surface area contributed by atoms with Crippen molar-refractivity contribution in [2.75, 3.05) is 5.32 Å². The van der Waals surface area contributed by atoms with Crippen LogP contribution in [0.15, 0.2) is 42.6 Å². The third kappa shape index (κ3) is 2.83. The number of aliphatic hydroxyl groups is 1. The quantitative estimate of drug-likeness (QED) is 0.769. The summed E-state index contributed by atoms with van der Waals surface area (Å²) in [5.41, 5.74) is 3.21. The normalized spacial score (nSPS) is 11.0. The van der Waals surface area contributed by atoms with E-state index in [0.29, 0.717) is 16.7 Å². The van der Waals surface area contributed by atoms with Gasteiger partial charge in [0.05, 0.1) is 29.6 Å². The van der Waals surface area contributed by atoms with Crippen molar-refractivity contribution in [2.45, 2.75) is 13.2 Å². The van der Waals surface area contributed by atoms with Crippen molar-refractivity contribution in [1.82, 2.24) is 9.38 Å². The lowest BCUT2D eigenvalue weighted by molar-refractivity contribution is 0.282. The Kier molecular flexibility index (Phi) is 4.01. The summed E-state index contributed by atoms with van der Waals surface area (Å²) in [7, 11) is 0. The lowest BCUT2D eigenvalue weighted by atomic mass is 10.2. The molecule has 21 heavy (non-hydrogen) atoms. The average molecular weight is 322 g/mol. The van der Waals surface area contributed by atoms with Crippen LogP contribution in [0.1, 0.15) is 11.3 Å². The highest BCUT2D eigenvalue weighted by Crippen LogP contribution is 2.25. The van der Waals surface area contributed by atoms with Crippen molar-refractivity contribution in [1.29, 1.82) is 0 Å². The Morgan fingerprint density at radius 3 is 2.86 bits per heavy atom. The van der Waals surface area contributed by atoms with Gasteiger partial charge in [0, 0.05) is 6.20 Å². The minimum Gasteiger partial charge on any atom is -0.392 e. The van der Waals surface area contributed by atoms with E-state index in [1.807, 2.05) is 34.9 Å². The molecule has 2 N–H and O–H groups in total. The smallest absolute Gasteiger partial charge is 0.153 e. The predicted octanol–water partition coefficient (Wildman–Crippen LogP) is 3.75. The molecule has 0 spiro atoms. The van der Waals surface area contributed by atoms with Crippen LogP contribution in [0.3, 0.4) is 0 Å². The molecule has 3 rings (SSSR count). The molecule has 0 aliphatic heterocycles. The summed E-state index contributed by atoms with van der Waals surface area (Å²) in [6.07, 6.45) is 1.91. The average Bonchev–Trinajstić information content (AvgIpc) is 2.82. The van der Waals surface area contributed by atoms with Gasteiger partial charge >= 0.3 is 0 Å². The molecular weight excluding hydrogens is 309 g/mol. The van der Waals surface area contributed by atoms with E-state index in [4.69, 9.17) is 23.2 Å². The number of rotatable bonds is 4. The minimum absolute atomic E-state index is 0.0256. The molecule has 0 radical (unpaired) electrons. The predicted molar refractivity (Wildman–Crippen MR) is 84.9 cm³/mol. The molecule has 2 heterocycles. The van der Waals surface area contributed by atoms with Gasteiger partial charge in [0.1, 0.15) is 5.65 Å². The van der Waals surface area contributed by atoms with Gasteiger partial charge in [0.15, 0.2) is 5.15 Å². The van der Waals surface area contributed by atoms with Gasteiger partial charge in [-0.3, -0.25) is 0 Å². The van der Waals surface area contributed by atoms with Crippen molar-refractivity contribution in [3.05, 3.63) is 64.0 Å². The molecule has 0 unspecified atom stereocenters. The van der Waals surface area contributed by atoms with Gasteiger partial charge in [-0.1, -0.05) is 35.3 Å². The van der Waals surface area contributed by atoms with Crippen LogP contribution in [-0.4, -0.2) is 14.5 Å². The molecule has 0 aliphatic carbocycles. The largest absolute Gasteiger partial charge is 0.392 e. The monoisotopic (exact) mass is 321 g/mol. The number of imidazole rings is 1. The zero-order valence-electron chi connectivity index (χ0n) is 11.1. The molecule has 2 aromatic heterocycles. The van der Waals surface area contributed by atoms with Crippen molar-refractivity contribution in [2.24, 2.45) is 0 Å². The van der Waals surface area contributed by atoms with E-state index in [9.17, 15) is 5.11 Å². The van der Waals surface area contributed by atoms with E-state index in [2.05, 4.69) is 10.3 Å². The number of hydrogen-bond donors (Lipinski definition) is 2. The standard InChI is InChI=1S/C15H13Cl2N3O/c16-11-5-4-10(9-21)7-12(11)18-8-13-15(17)19-14-3-1-2-6-20(13)14/h1-7,18,21H,8-9H2. The molecule has 3 aromatic rings. The number of nitrogens with one attached hydrogen (secondary N) is 1. The Hall–Kier alpha value is -1.75. The van der Waals surface area contributed by atoms with Gasteiger partial charge in [-0.15, -0.1) is 0 Å². The number of anilines is 1. The van der Waals surface area contributed by atoms with Crippen molar-refractivity contribution >= 4 is 34.5 Å². The number of pyridine rings is 1. The number of benzene rings is 1. The Labute approximate surface area is 132 Å². The number of aliphatic hydroxyl groups excluding tert-OH is 1. The van der Waals surface area contributed by atoms with Crippen molar-refractivity contribution in [3.63, 3.8) is 0 Å². The summed E-state index contributed by atoms with van der Waals surface area (Å²) in [6, 6.07) is 11.1. The molecule has 1 aromatic carbocycles. The van der Waals surface area contributed by atoms with E-state index in [1.54, 1.807) is 12.1 Å². The van der Waals surface area contributed by atoms with Gasteiger partial charge in [-0.05, 0) is 29.8 Å². The fourth-order valence-electron chi connectivity index (χ4n) is 2.16. The highest BCUT2D eigenvalue weighted by atomic mass is 35.5. The second kappa shape index (κ2) is 5.93. The summed E-state index contributed by atoms with van der Waals surface area (Å²) in [5.74, 6) is 0. The molecule has 4 nitrogen and oxygen atoms in total. The first-order chi connectivity index (χ1) is 10.2. The maximum Gasteiger partial charge on any atom is 0.153 e. The Morgan fingerprint density at radius 2 is 2.05 bits per heavy atom. The maximum absolute atomic E-state index is 9.18. The molecule has 0 saturated carbocycles. The summed E-state index contributed by atoms with van der Waals surface area (Å²) in [4.78, 5) is 4.30. The molecule has 0 saturated heterocycles. The van der Waals surface area contributed by atoms with Gasteiger partial charge in [-0.2, -0.15) is 0 Å². The molecule has 108 valence electrons. The summed E-state index contributed by atoms with van der Waals surface area (Å²) < 4.78 is 1.93. The van der Waals surface area contributed by atoms with Crippen molar-refractivity contribution in [3.8, 4) is 0 Å². The van der Waals surface area contributed by atoms with Crippen LogP contribution in [0, 0.1) is 0 Å². The molecule has 0 fully saturated rings. The lowest BCUT2D eigenvalue weighted by Gasteiger charge is -2.10. The fraction of sp³-hybridized carbons (Fsp3) is 0.133.